The number of carbonyl (C=O) groups is 3. The van der Waals surface area contributed by atoms with Gasteiger partial charge >= 0.3 is 6.09 Å². The van der Waals surface area contributed by atoms with Crippen molar-refractivity contribution in [3.63, 3.8) is 0 Å². The summed E-state index contributed by atoms with van der Waals surface area (Å²) >= 11 is 0. The first-order valence-electron chi connectivity index (χ1n) is 10.1. The number of ether oxygens (including phenoxy) is 1. The molecule has 28 heavy (non-hydrogen) atoms. The van der Waals surface area contributed by atoms with E-state index >= 15 is 0 Å². The number of aliphatic hydroxyl groups excluding tert-OH is 1. The number of nitrogens with zero attached hydrogens (tertiary/aromatic N) is 1. The predicted octanol–water partition coefficient (Wildman–Crippen LogP) is 2.89. The number of hydrogen-bond acceptors (Lipinski definition) is 5. The van der Waals surface area contributed by atoms with E-state index in [2.05, 4.69) is 26.1 Å². The Hall–Kier alpha value is -1.63. The SMILES string of the molecule is CC(C)C(NC(=O)C1CC(O)CN1C(=O)OC(C)(C)C)C(=O)CCC(C)(C)C. The fraction of sp³-hybridized carbons (Fsp3) is 0.857. The van der Waals surface area contributed by atoms with Gasteiger partial charge in [-0.05, 0) is 38.5 Å². The van der Waals surface area contributed by atoms with Gasteiger partial charge in [0.15, 0.2) is 5.78 Å². The highest BCUT2D eigenvalue weighted by atomic mass is 16.6. The number of hydrogen-bond donors (Lipinski definition) is 2. The molecule has 2 amide bonds. The minimum atomic E-state index is -0.846. The largest absolute Gasteiger partial charge is 0.444 e. The Labute approximate surface area is 169 Å². The first-order valence-corrected chi connectivity index (χ1v) is 10.1. The standard InChI is InChI=1S/C21H38N2O5/c1-13(2)17(16(25)9-10-20(3,4)5)22-18(26)15-11-14(24)12-23(15)19(27)28-21(6,7)8/h13-15,17,24H,9-12H2,1-8H3,(H,22,26). The Morgan fingerprint density at radius 3 is 2.18 bits per heavy atom. The minimum absolute atomic E-state index is 0.0133. The summed E-state index contributed by atoms with van der Waals surface area (Å²) in [5, 5.41) is 12.8. The van der Waals surface area contributed by atoms with Crippen molar-refractivity contribution >= 4 is 17.8 Å². The van der Waals surface area contributed by atoms with Crippen LogP contribution < -0.4 is 5.32 Å². The molecule has 7 heteroatoms. The zero-order valence-electron chi connectivity index (χ0n) is 18.7. The molecule has 162 valence electrons. The van der Waals surface area contributed by atoms with Crippen LogP contribution in [0.2, 0.25) is 0 Å². The zero-order chi connectivity index (χ0) is 21.9. The number of aliphatic hydroxyl groups is 1. The Kier molecular flexibility index (Phi) is 8.06. The van der Waals surface area contributed by atoms with Crippen molar-refractivity contribution < 1.29 is 24.2 Å². The second kappa shape index (κ2) is 9.25. The van der Waals surface area contributed by atoms with Gasteiger partial charge in [-0.25, -0.2) is 4.79 Å². The molecular formula is C21H38N2O5. The molecule has 0 aromatic carbocycles. The molecule has 0 radical (unpaired) electrons. The maximum Gasteiger partial charge on any atom is 0.411 e. The van der Waals surface area contributed by atoms with Crippen LogP contribution in [-0.4, -0.2) is 58.1 Å². The van der Waals surface area contributed by atoms with Gasteiger partial charge in [0.2, 0.25) is 5.91 Å². The number of amides is 2. The van der Waals surface area contributed by atoms with Crippen LogP contribution in [0.5, 0.6) is 0 Å². The Bertz CT molecular complexity index is 574. The predicted molar refractivity (Wildman–Crippen MR) is 108 cm³/mol. The third-order valence-electron chi connectivity index (χ3n) is 4.64. The van der Waals surface area contributed by atoms with Crippen LogP contribution in [-0.2, 0) is 14.3 Å². The summed E-state index contributed by atoms with van der Waals surface area (Å²) in [5.74, 6) is -0.511. The Morgan fingerprint density at radius 1 is 1.14 bits per heavy atom. The smallest absolute Gasteiger partial charge is 0.411 e. The number of carbonyl (C=O) groups excluding carboxylic acids is 3. The molecule has 1 saturated heterocycles. The van der Waals surface area contributed by atoms with E-state index < -0.39 is 35.8 Å². The normalized spacial score (nSPS) is 21.6. The van der Waals surface area contributed by atoms with Gasteiger partial charge in [0.25, 0.3) is 0 Å². The molecular weight excluding hydrogens is 360 g/mol. The van der Waals surface area contributed by atoms with Crippen LogP contribution >= 0.6 is 0 Å². The fourth-order valence-corrected chi connectivity index (χ4v) is 3.11. The lowest BCUT2D eigenvalue weighted by molar-refractivity contribution is -0.131. The molecule has 0 bridgehead atoms. The van der Waals surface area contributed by atoms with Gasteiger partial charge in [0, 0.05) is 12.8 Å². The molecule has 1 aliphatic heterocycles. The van der Waals surface area contributed by atoms with Gasteiger partial charge in [0.1, 0.15) is 11.6 Å². The first-order chi connectivity index (χ1) is 12.6. The van der Waals surface area contributed by atoms with Gasteiger partial charge in [-0.1, -0.05) is 34.6 Å². The van der Waals surface area contributed by atoms with Crippen molar-refractivity contribution in [2.75, 3.05) is 6.54 Å². The van der Waals surface area contributed by atoms with Crippen molar-refractivity contribution in [2.45, 2.75) is 98.4 Å². The number of β-amino-alcohol motifs (C(OH)–C–C–N with tert-alkyl or cyclic N) is 1. The van der Waals surface area contributed by atoms with E-state index in [1.165, 1.54) is 4.90 Å². The third kappa shape index (κ3) is 7.78. The summed E-state index contributed by atoms with van der Waals surface area (Å²) in [6.45, 7) is 15.3. The highest BCUT2D eigenvalue weighted by molar-refractivity contribution is 5.92. The number of nitrogens with one attached hydrogen (secondary N) is 1. The minimum Gasteiger partial charge on any atom is -0.444 e. The number of Topliss-reactive ketones (excluding diaryl/α,β-unsaturated/α-hetero) is 1. The third-order valence-corrected chi connectivity index (χ3v) is 4.64. The van der Waals surface area contributed by atoms with Crippen molar-refractivity contribution in [3.05, 3.63) is 0 Å². The second-order valence-corrected chi connectivity index (χ2v) is 10.3. The fourth-order valence-electron chi connectivity index (χ4n) is 3.11. The molecule has 2 N–H and O–H groups in total. The van der Waals surface area contributed by atoms with Crippen molar-refractivity contribution in [1.82, 2.24) is 10.2 Å². The molecule has 0 spiro atoms. The van der Waals surface area contributed by atoms with E-state index in [9.17, 15) is 19.5 Å². The Morgan fingerprint density at radius 2 is 1.71 bits per heavy atom. The van der Waals surface area contributed by atoms with Crippen molar-refractivity contribution in [3.8, 4) is 0 Å². The van der Waals surface area contributed by atoms with E-state index in [-0.39, 0.29) is 30.1 Å². The summed E-state index contributed by atoms with van der Waals surface area (Å²) < 4.78 is 5.36. The first kappa shape index (κ1) is 24.4. The summed E-state index contributed by atoms with van der Waals surface area (Å²) in [6, 6.07) is -1.46. The van der Waals surface area contributed by atoms with E-state index in [4.69, 9.17) is 4.74 Å². The highest BCUT2D eigenvalue weighted by Gasteiger charge is 2.42. The molecule has 1 aliphatic rings. The van der Waals surface area contributed by atoms with Crippen LogP contribution in [0, 0.1) is 11.3 Å². The molecule has 0 saturated carbocycles. The molecule has 0 aromatic rings. The van der Waals surface area contributed by atoms with Gasteiger partial charge in [-0.3, -0.25) is 14.5 Å². The van der Waals surface area contributed by atoms with E-state index in [0.29, 0.717) is 6.42 Å². The molecule has 3 atom stereocenters. The van der Waals surface area contributed by atoms with Gasteiger partial charge in [-0.2, -0.15) is 0 Å². The van der Waals surface area contributed by atoms with Gasteiger partial charge in [-0.15, -0.1) is 0 Å². The summed E-state index contributed by atoms with van der Waals surface area (Å²) in [6.07, 6.45) is -0.180. The second-order valence-electron chi connectivity index (χ2n) is 10.3. The topological polar surface area (TPSA) is 95.9 Å². The molecule has 1 fully saturated rings. The van der Waals surface area contributed by atoms with Gasteiger partial charge < -0.3 is 15.2 Å². The average Bonchev–Trinajstić information content (AvgIpc) is 2.89. The number of ketones is 1. The summed E-state index contributed by atoms with van der Waals surface area (Å²) in [4.78, 5) is 39.2. The summed E-state index contributed by atoms with van der Waals surface area (Å²) in [7, 11) is 0. The number of rotatable bonds is 6. The molecule has 0 aliphatic carbocycles. The van der Waals surface area contributed by atoms with E-state index in [1.54, 1.807) is 20.8 Å². The van der Waals surface area contributed by atoms with E-state index in [1.807, 2.05) is 13.8 Å². The van der Waals surface area contributed by atoms with E-state index in [0.717, 1.165) is 6.42 Å². The van der Waals surface area contributed by atoms with Crippen molar-refractivity contribution in [2.24, 2.45) is 11.3 Å². The maximum atomic E-state index is 12.9. The van der Waals surface area contributed by atoms with Crippen LogP contribution in [0.1, 0.15) is 74.7 Å². The average molecular weight is 399 g/mol. The molecule has 1 heterocycles. The van der Waals surface area contributed by atoms with Crippen LogP contribution in [0.25, 0.3) is 0 Å². The quantitative estimate of drug-likeness (QED) is 0.717. The lowest BCUT2D eigenvalue weighted by atomic mass is 9.87. The monoisotopic (exact) mass is 398 g/mol. The lowest BCUT2D eigenvalue weighted by Gasteiger charge is -2.29. The molecule has 1 rings (SSSR count). The zero-order valence-corrected chi connectivity index (χ0v) is 18.7. The lowest BCUT2D eigenvalue weighted by Crippen LogP contribution is -2.53. The molecule has 0 aromatic heterocycles. The molecule has 7 nitrogen and oxygen atoms in total. The highest BCUT2D eigenvalue weighted by Crippen LogP contribution is 2.24. The summed E-state index contributed by atoms with van der Waals surface area (Å²) in [5.41, 5.74) is -0.667. The van der Waals surface area contributed by atoms with Crippen LogP contribution in [0.4, 0.5) is 4.79 Å². The molecule has 3 unspecified atom stereocenters. The van der Waals surface area contributed by atoms with Crippen LogP contribution in [0.3, 0.4) is 0 Å². The van der Waals surface area contributed by atoms with Crippen LogP contribution in [0.15, 0.2) is 0 Å². The Balaban J connectivity index is 2.85. The van der Waals surface area contributed by atoms with Gasteiger partial charge in [0.05, 0.1) is 18.7 Å². The maximum absolute atomic E-state index is 12.9. The number of likely N-dealkylation sites (tertiary alicyclic amines) is 1. The van der Waals surface area contributed by atoms with Crippen molar-refractivity contribution in [1.29, 1.82) is 0 Å².